The molecule has 1 nitrogen and oxygen atoms in total. The van der Waals surface area contributed by atoms with E-state index in [1.807, 2.05) is 12.1 Å². The van der Waals surface area contributed by atoms with Crippen LogP contribution in [0.2, 0.25) is 0 Å². The molecule has 0 saturated carbocycles. The number of hydrogen-bond donors (Lipinski definition) is 1. The van der Waals surface area contributed by atoms with Gasteiger partial charge in [0.05, 0.1) is 0 Å². The molecule has 1 saturated heterocycles. The lowest BCUT2D eigenvalue weighted by atomic mass is 10.00. The quantitative estimate of drug-likeness (QED) is 0.853. The third kappa shape index (κ3) is 4.40. The van der Waals surface area contributed by atoms with Crippen molar-refractivity contribution < 1.29 is 4.39 Å². The van der Waals surface area contributed by atoms with Crippen LogP contribution in [0.15, 0.2) is 24.3 Å². The Kier molecular flexibility index (Phi) is 6.72. The molecule has 0 aromatic heterocycles. The van der Waals surface area contributed by atoms with Crippen LogP contribution in [-0.2, 0) is 6.42 Å². The smallest absolute Gasteiger partial charge is 0.123 e. The summed E-state index contributed by atoms with van der Waals surface area (Å²) in [5.41, 5.74) is 1.23. The maximum atomic E-state index is 13.0. The van der Waals surface area contributed by atoms with E-state index in [0.29, 0.717) is 11.3 Å². The highest BCUT2D eigenvalue weighted by Crippen LogP contribution is 2.36. The Labute approximate surface area is 130 Å². The van der Waals surface area contributed by atoms with Gasteiger partial charge in [-0.05, 0) is 37.1 Å². The molecule has 4 heteroatoms. The van der Waals surface area contributed by atoms with E-state index in [1.54, 1.807) is 12.1 Å². The van der Waals surface area contributed by atoms with Crippen molar-refractivity contribution in [3.05, 3.63) is 35.6 Å². The second-order valence-electron chi connectivity index (χ2n) is 5.15. The lowest BCUT2D eigenvalue weighted by molar-refractivity contribution is 0.489. The normalized spacial score (nSPS) is 24.6. The van der Waals surface area contributed by atoms with Gasteiger partial charge in [-0.3, -0.25) is 0 Å². The first-order valence-corrected chi connectivity index (χ1v) is 9.55. The molecule has 1 aliphatic rings. The van der Waals surface area contributed by atoms with Crippen LogP contribution < -0.4 is 5.32 Å². The summed E-state index contributed by atoms with van der Waals surface area (Å²) in [6.45, 7) is 5.45. The molecule has 20 heavy (non-hydrogen) atoms. The molecular weight excluding hydrogens is 289 g/mol. The number of likely N-dealkylation sites (N-methyl/N-ethyl adjacent to an activating group) is 1. The molecule has 0 bridgehead atoms. The summed E-state index contributed by atoms with van der Waals surface area (Å²) in [5, 5.41) is 5.04. The van der Waals surface area contributed by atoms with E-state index < -0.39 is 0 Å². The molecule has 1 heterocycles. The predicted molar refractivity (Wildman–Crippen MR) is 90.4 cm³/mol. The molecule has 0 spiro atoms. The van der Waals surface area contributed by atoms with Crippen molar-refractivity contribution >= 4 is 23.5 Å². The van der Waals surface area contributed by atoms with Crippen molar-refractivity contribution in [2.45, 2.75) is 43.2 Å². The summed E-state index contributed by atoms with van der Waals surface area (Å²) >= 11 is 4.23. The van der Waals surface area contributed by atoms with E-state index in [1.165, 1.54) is 23.5 Å². The van der Waals surface area contributed by atoms with Crippen LogP contribution in [0, 0.1) is 5.82 Å². The first kappa shape index (κ1) is 16.2. The Balaban J connectivity index is 2.06. The number of rotatable bonds is 6. The predicted octanol–water partition coefficient (Wildman–Crippen LogP) is 3.97. The summed E-state index contributed by atoms with van der Waals surface area (Å²) in [6.07, 6.45) is 2.22. The van der Waals surface area contributed by atoms with Gasteiger partial charge >= 0.3 is 0 Å². The van der Waals surface area contributed by atoms with Gasteiger partial charge in [0.2, 0.25) is 0 Å². The molecule has 2 rings (SSSR count). The van der Waals surface area contributed by atoms with E-state index in [4.69, 9.17) is 0 Å². The summed E-state index contributed by atoms with van der Waals surface area (Å²) in [5.74, 6) is 2.37. The van der Waals surface area contributed by atoms with Crippen molar-refractivity contribution in [1.29, 1.82) is 0 Å². The number of halogens is 1. The summed E-state index contributed by atoms with van der Waals surface area (Å²) in [6, 6.07) is 7.45. The number of nitrogens with one attached hydrogen (secondary N) is 1. The van der Waals surface area contributed by atoms with Crippen LogP contribution >= 0.6 is 23.5 Å². The summed E-state index contributed by atoms with van der Waals surface area (Å²) in [7, 11) is 0. The second kappa shape index (κ2) is 8.30. The fourth-order valence-corrected chi connectivity index (χ4v) is 6.02. The second-order valence-corrected chi connectivity index (χ2v) is 7.78. The highest BCUT2D eigenvalue weighted by atomic mass is 32.2. The molecule has 3 atom stereocenters. The van der Waals surface area contributed by atoms with E-state index >= 15 is 0 Å². The van der Waals surface area contributed by atoms with Crippen molar-refractivity contribution in [2.24, 2.45) is 0 Å². The Morgan fingerprint density at radius 1 is 1.20 bits per heavy atom. The molecule has 1 aromatic carbocycles. The summed E-state index contributed by atoms with van der Waals surface area (Å²) < 4.78 is 13.0. The SMILES string of the molecule is CCNC(Cc1ccc(F)cc1)C1SCCSC1CC. The van der Waals surface area contributed by atoms with E-state index in [2.05, 4.69) is 42.7 Å². The maximum Gasteiger partial charge on any atom is 0.123 e. The average Bonchev–Trinajstić information content (AvgIpc) is 2.49. The molecule has 3 unspecified atom stereocenters. The number of thioether (sulfide) groups is 2. The minimum absolute atomic E-state index is 0.150. The van der Waals surface area contributed by atoms with Gasteiger partial charge in [-0.15, -0.1) is 0 Å². The Bertz CT molecular complexity index is 396. The fourth-order valence-electron chi connectivity index (χ4n) is 2.75. The lowest BCUT2D eigenvalue weighted by Crippen LogP contribution is -2.46. The van der Waals surface area contributed by atoms with Crippen LogP contribution in [0.4, 0.5) is 4.39 Å². The van der Waals surface area contributed by atoms with Gasteiger partial charge in [0.15, 0.2) is 0 Å². The average molecular weight is 314 g/mol. The van der Waals surface area contributed by atoms with Crippen molar-refractivity contribution in [2.75, 3.05) is 18.1 Å². The van der Waals surface area contributed by atoms with Gasteiger partial charge in [-0.1, -0.05) is 26.0 Å². The fraction of sp³-hybridized carbons (Fsp3) is 0.625. The molecule has 1 fully saturated rings. The molecule has 1 aromatic rings. The molecule has 1 N–H and O–H groups in total. The topological polar surface area (TPSA) is 12.0 Å². The zero-order valence-electron chi connectivity index (χ0n) is 12.3. The van der Waals surface area contributed by atoms with Gasteiger partial charge in [-0.25, -0.2) is 4.39 Å². The third-order valence-corrected chi connectivity index (χ3v) is 7.13. The maximum absolute atomic E-state index is 13.0. The van der Waals surface area contributed by atoms with Crippen LogP contribution in [-0.4, -0.2) is 34.6 Å². The van der Waals surface area contributed by atoms with Crippen molar-refractivity contribution in [1.82, 2.24) is 5.32 Å². The van der Waals surface area contributed by atoms with Gasteiger partial charge in [0.25, 0.3) is 0 Å². The largest absolute Gasteiger partial charge is 0.313 e. The molecule has 0 amide bonds. The van der Waals surface area contributed by atoms with Gasteiger partial charge in [-0.2, -0.15) is 23.5 Å². The molecule has 1 aliphatic heterocycles. The monoisotopic (exact) mass is 313 g/mol. The van der Waals surface area contributed by atoms with Crippen LogP contribution in [0.1, 0.15) is 25.8 Å². The molecule has 112 valence electrons. The first-order chi connectivity index (χ1) is 9.74. The molecule has 0 radical (unpaired) electrons. The van der Waals surface area contributed by atoms with Crippen LogP contribution in [0.25, 0.3) is 0 Å². The first-order valence-electron chi connectivity index (χ1n) is 7.45. The molecule has 0 aliphatic carbocycles. The van der Waals surface area contributed by atoms with Gasteiger partial charge in [0, 0.05) is 28.0 Å². The van der Waals surface area contributed by atoms with Crippen molar-refractivity contribution in [3.63, 3.8) is 0 Å². The Morgan fingerprint density at radius 2 is 1.90 bits per heavy atom. The number of benzene rings is 1. The number of hydrogen-bond acceptors (Lipinski definition) is 3. The molecular formula is C16H24FNS2. The van der Waals surface area contributed by atoms with E-state index in [-0.39, 0.29) is 5.82 Å². The third-order valence-electron chi connectivity index (χ3n) is 3.73. The highest BCUT2D eigenvalue weighted by Gasteiger charge is 2.31. The van der Waals surface area contributed by atoms with Gasteiger partial charge in [0.1, 0.15) is 5.82 Å². The van der Waals surface area contributed by atoms with Crippen LogP contribution in [0.5, 0.6) is 0 Å². The van der Waals surface area contributed by atoms with Gasteiger partial charge < -0.3 is 5.32 Å². The van der Waals surface area contributed by atoms with E-state index in [0.717, 1.165) is 18.2 Å². The minimum atomic E-state index is -0.150. The van der Waals surface area contributed by atoms with Crippen LogP contribution in [0.3, 0.4) is 0 Å². The minimum Gasteiger partial charge on any atom is -0.313 e. The highest BCUT2D eigenvalue weighted by molar-refractivity contribution is 8.07. The zero-order chi connectivity index (χ0) is 14.4. The van der Waals surface area contributed by atoms with Crippen molar-refractivity contribution in [3.8, 4) is 0 Å². The Hall–Kier alpha value is -0.190. The zero-order valence-corrected chi connectivity index (χ0v) is 13.9. The summed E-state index contributed by atoms with van der Waals surface area (Å²) in [4.78, 5) is 0. The van der Waals surface area contributed by atoms with E-state index in [9.17, 15) is 4.39 Å². The standard InChI is InChI=1S/C16H24FNS2/c1-3-15-16(20-10-9-19-15)14(18-4-2)11-12-5-7-13(17)8-6-12/h5-8,14-16,18H,3-4,9-11H2,1-2H3. The lowest BCUT2D eigenvalue weighted by Gasteiger charge is -2.36. The Morgan fingerprint density at radius 3 is 2.55 bits per heavy atom.